The number of nitrogens with zero attached hydrogens (tertiary/aromatic N) is 1. The predicted molar refractivity (Wildman–Crippen MR) is 60.3 cm³/mol. The van der Waals surface area contributed by atoms with Gasteiger partial charge in [0.2, 0.25) is 0 Å². The number of para-hydroxylation sites is 1. The molecule has 0 N–H and O–H groups in total. The Hall–Kier alpha value is -2.09. The van der Waals surface area contributed by atoms with E-state index >= 15 is 0 Å². The summed E-state index contributed by atoms with van der Waals surface area (Å²) in [4.78, 5) is 4.69. The van der Waals surface area contributed by atoms with Crippen LogP contribution in [0.25, 0.3) is 6.26 Å². The van der Waals surface area contributed by atoms with Crippen molar-refractivity contribution < 1.29 is 4.74 Å². The molecule has 0 saturated heterocycles. The minimum absolute atomic E-state index is 0.649. The van der Waals surface area contributed by atoms with Gasteiger partial charge in [0.15, 0.2) is 0 Å². The van der Waals surface area contributed by atoms with Crippen molar-refractivity contribution in [2.45, 2.75) is 6.61 Å². The summed E-state index contributed by atoms with van der Waals surface area (Å²) < 4.78 is 5.35. The zero-order chi connectivity index (χ0) is 10.5. The molecule has 0 saturated carbocycles. The van der Waals surface area contributed by atoms with Crippen LogP contribution in [0.2, 0.25) is 0 Å². The molecule has 2 aliphatic rings. The van der Waals surface area contributed by atoms with Crippen LogP contribution in [0.4, 0.5) is 5.69 Å². The molecule has 0 bridgehead atoms. The van der Waals surface area contributed by atoms with Crippen LogP contribution in [-0.2, 0) is 11.3 Å². The lowest BCUT2D eigenvalue weighted by Crippen LogP contribution is -2.02. The van der Waals surface area contributed by atoms with E-state index in [1.807, 2.05) is 12.3 Å². The van der Waals surface area contributed by atoms with Crippen LogP contribution in [0, 0.1) is 10.4 Å². The first-order chi connectivity index (χ1) is 7.93. The molecule has 2 heterocycles. The van der Waals surface area contributed by atoms with Gasteiger partial charge >= 0.3 is 0 Å². The molecule has 4 rings (SSSR count). The average molecular weight is 207 g/mol. The van der Waals surface area contributed by atoms with E-state index in [9.17, 15) is 0 Å². The average Bonchev–Trinajstić information content (AvgIpc) is 2.92. The number of rotatable bonds is 0. The summed E-state index contributed by atoms with van der Waals surface area (Å²) in [7, 11) is 0. The summed E-state index contributed by atoms with van der Waals surface area (Å²) in [5.74, 6) is 0. The largest absolute Gasteiger partial charge is 0.496 e. The normalized spacial score (nSPS) is 14.2. The minimum Gasteiger partial charge on any atom is -0.496 e. The van der Waals surface area contributed by atoms with E-state index in [4.69, 9.17) is 4.74 Å². The van der Waals surface area contributed by atoms with Crippen molar-refractivity contribution in [3.8, 4) is 0 Å². The fraction of sp³-hybridized carbons (Fsp3) is 0.0714. The van der Waals surface area contributed by atoms with Crippen LogP contribution in [0.1, 0.15) is 5.56 Å². The number of benzene rings is 2. The van der Waals surface area contributed by atoms with Crippen molar-refractivity contribution >= 4 is 11.9 Å². The fourth-order valence-electron chi connectivity index (χ4n) is 2.39. The van der Waals surface area contributed by atoms with Crippen LogP contribution >= 0.6 is 0 Å². The lowest BCUT2D eigenvalue weighted by molar-refractivity contribution is 0.297. The summed E-state index contributed by atoms with van der Waals surface area (Å²) in [6.45, 7) is 0.649. The first-order valence-corrected chi connectivity index (χ1v) is 5.35. The second kappa shape index (κ2) is 2.73. The van der Waals surface area contributed by atoms with E-state index in [1.54, 1.807) is 0 Å². The molecule has 0 aromatic heterocycles. The first kappa shape index (κ1) is 8.11. The molecule has 2 heteroatoms. The van der Waals surface area contributed by atoms with E-state index in [0.29, 0.717) is 6.61 Å². The zero-order valence-electron chi connectivity index (χ0n) is 8.60. The topological polar surface area (TPSA) is 21.6 Å². The maximum atomic E-state index is 5.35. The summed E-state index contributed by atoms with van der Waals surface area (Å²) in [6.07, 6.45) is 1.81. The standard InChI is InChI=1S/C14H9NO/c1-2-4-13-10(3-1)11-6-5-9-7-16-8-12(9)14(11)15-13/h1-7H,8H2. The Labute approximate surface area is 91.8 Å². The van der Waals surface area contributed by atoms with E-state index < -0.39 is 0 Å². The molecular formula is C14H9NO. The molecule has 2 nitrogen and oxygen atoms in total. The quantitative estimate of drug-likeness (QED) is 0.547. The van der Waals surface area contributed by atoms with Crippen LogP contribution in [0.3, 0.4) is 0 Å². The summed E-state index contributed by atoms with van der Waals surface area (Å²) in [5, 5.41) is 4.69. The molecule has 0 aliphatic carbocycles. The van der Waals surface area contributed by atoms with Crippen LogP contribution < -0.4 is 10.6 Å². The van der Waals surface area contributed by atoms with Crippen molar-refractivity contribution in [1.29, 1.82) is 0 Å². The molecule has 0 amide bonds. The van der Waals surface area contributed by atoms with Crippen LogP contribution in [-0.4, -0.2) is 0 Å². The van der Waals surface area contributed by atoms with E-state index in [1.165, 1.54) is 16.0 Å². The fourth-order valence-corrected chi connectivity index (χ4v) is 2.39. The highest BCUT2D eigenvalue weighted by Gasteiger charge is 2.13. The molecular weight excluding hydrogens is 198 g/mol. The Morgan fingerprint density at radius 1 is 1.00 bits per heavy atom. The smallest absolute Gasteiger partial charge is 0.115 e. The highest BCUT2D eigenvalue weighted by Crippen LogP contribution is 2.23. The van der Waals surface area contributed by atoms with Crippen molar-refractivity contribution in [1.82, 2.24) is 0 Å². The number of ether oxygens (including phenoxy) is 1. The Bertz CT molecular complexity index is 806. The van der Waals surface area contributed by atoms with E-state index in [0.717, 1.165) is 16.3 Å². The molecule has 2 aromatic carbocycles. The van der Waals surface area contributed by atoms with Gasteiger partial charge < -0.3 is 4.74 Å². The predicted octanol–water partition coefficient (Wildman–Crippen LogP) is 1.51. The van der Waals surface area contributed by atoms with Gasteiger partial charge in [-0.3, -0.25) is 0 Å². The summed E-state index contributed by atoms with van der Waals surface area (Å²) in [6, 6.07) is 12.5. The molecule has 0 unspecified atom stereocenters. The first-order valence-electron chi connectivity index (χ1n) is 5.35. The Morgan fingerprint density at radius 2 is 1.94 bits per heavy atom. The van der Waals surface area contributed by atoms with Gasteiger partial charge in [0.25, 0.3) is 0 Å². The van der Waals surface area contributed by atoms with Gasteiger partial charge in [-0.2, -0.15) is 0 Å². The van der Waals surface area contributed by atoms with Gasteiger partial charge in [0, 0.05) is 21.2 Å². The highest BCUT2D eigenvalue weighted by atomic mass is 16.5. The monoisotopic (exact) mass is 207 g/mol. The number of hydrogen-bond donors (Lipinski definition) is 0. The van der Waals surface area contributed by atoms with Crippen molar-refractivity contribution in [2.24, 2.45) is 4.99 Å². The molecule has 16 heavy (non-hydrogen) atoms. The maximum absolute atomic E-state index is 5.35. The van der Waals surface area contributed by atoms with Gasteiger partial charge in [0.1, 0.15) is 6.61 Å². The van der Waals surface area contributed by atoms with E-state index in [2.05, 4.69) is 35.3 Å². The Morgan fingerprint density at radius 3 is 2.94 bits per heavy atom. The van der Waals surface area contributed by atoms with Crippen LogP contribution in [0.15, 0.2) is 41.4 Å². The lowest BCUT2D eigenvalue weighted by Gasteiger charge is -1.97. The third-order valence-electron chi connectivity index (χ3n) is 3.18. The van der Waals surface area contributed by atoms with Gasteiger partial charge in [-0.25, -0.2) is 4.99 Å². The zero-order valence-corrected chi connectivity index (χ0v) is 8.60. The van der Waals surface area contributed by atoms with Crippen molar-refractivity contribution in [3.63, 3.8) is 0 Å². The molecule has 0 spiro atoms. The second-order valence-corrected chi connectivity index (χ2v) is 4.09. The molecule has 0 fully saturated rings. The van der Waals surface area contributed by atoms with E-state index in [-0.39, 0.29) is 0 Å². The van der Waals surface area contributed by atoms with Crippen molar-refractivity contribution in [2.75, 3.05) is 0 Å². The molecule has 0 radical (unpaired) electrons. The maximum Gasteiger partial charge on any atom is 0.115 e. The molecule has 76 valence electrons. The summed E-state index contributed by atoms with van der Waals surface area (Å²) in [5.41, 5.74) is 2.31. The minimum atomic E-state index is 0.649. The van der Waals surface area contributed by atoms with Gasteiger partial charge in [0.05, 0.1) is 17.3 Å². The lowest BCUT2D eigenvalue weighted by atomic mass is 10.1. The number of hydrogen-bond acceptors (Lipinski definition) is 2. The van der Waals surface area contributed by atoms with Crippen molar-refractivity contribution in [3.05, 3.63) is 63.0 Å². The second-order valence-electron chi connectivity index (χ2n) is 4.09. The Balaban J connectivity index is 2.31. The number of fused-ring (bicyclic) bond motifs is 4. The highest BCUT2D eigenvalue weighted by molar-refractivity contribution is 5.54. The van der Waals surface area contributed by atoms with Gasteiger partial charge in [-0.15, -0.1) is 0 Å². The van der Waals surface area contributed by atoms with Gasteiger partial charge in [-0.05, 0) is 6.07 Å². The third kappa shape index (κ3) is 0.890. The summed E-state index contributed by atoms with van der Waals surface area (Å²) >= 11 is 0. The molecule has 2 aromatic rings. The van der Waals surface area contributed by atoms with Gasteiger partial charge in [-0.1, -0.05) is 30.3 Å². The SMILES string of the molecule is C1=c2ccc3c(c2CO1)N=c1ccccc1=3. The molecule has 2 aliphatic heterocycles. The third-order valence-corrected chi connectivity index (χ3v) is 3.18. The Kier molecular flexibility index (Phi) is 1.38. The van der Waals surface area contributed by atoms with Crippen LogP contribution in [0.5, 0.6) is 0 Å². The molecule has 0 atom stereocenters.